The summed E-state index contributed by atoms with van der Waals surface area (Å²) in [5, 5.41) is 11.0. The maximum atomic E-state index is 12.3. The third-order valence-corrected chi connectivity index (χ3v) is 4.39. The molecule has 2 aromatic carbocycles. The first-order valence-corrected chi connectivity index (χ1v) is 9.99. The second-order valence-corrected chi connectivity index (χ2v) is 8.12. The van der Waals surface area contributed by atoms with Crippen LogP contribution in [-0.4, -0.2) is 38.0 Å². The fourth-order valence-electron chi connectivity index (χ4n) is 2.56. The van der Waals surface area contributed by atoms with Gasteiger partial charge in [-0.2, -0.15) is 0 Å². The summed E-state index contributed by atoms with van der Waals surface area (Å²) in [6, 6.07) is 11.7. The molecule has 8 nitrogen and oxygen atoms in total. The highest BCUT2D eigenvalue weighted by molar-refractivity contribution is 5.97. The van der Waals surface area contributed by atoms with Crippen LogP contribution in [0, 0.1) is 12.3 Å². The summed E-state index contributed by atoms with van der Waals surface area (Å²) in [7, 11) is 1.54. The molecule has 166 valence electrons. The summed E-state index contributed by atoms with van der Waals surface area (Å²) in [6.45, 7) is 7.93. The highest BCUT2D eigenvalue weighted by atomic mass is 16.5. The van der Waals surface area contributed by atoms with E-state index in [0.29, 0.717) is 22.7 Å². The largest absolute Gasteiger partial charge is 0.495 e. The van der Waals surface area contributed by atoms with Crippen molar-refractivity contribution < 1.29 is 19.1 Å². The van der Waals surface area contributed by atoms with E-state index >= 15 is 0 Å². The summed E-state index contributed by atoms with van der Waals surface area (Å²) in [5.41, 5.74) is 2.15. The first-order valence-electron chi connectivity index (χ1n) is 9.99. The van der Waals surface area contributed by atoms with Crippen molar-refractivity contribution in [1.82, 2.24) is 10.6 Å². The second-order valence-electron chi connectivity index (χ2n) is 8.12. The zero-order chi connectivity index (χ0) is 23.0. The standard InChI is InChI=1S/C23H30N4O4/c1-15-6-11-19(31-5)18(14-15)27-22(30)25-13-12-24-20(28)16-7-9-17(10-8-16)26-21(29)23(2,3)4/h6-11,14H,12-13H2,1-5H3,(H,24,28)(H,26,29)(H2,25,27,30). The van der Waals surface area contributed by atoms with E-state index in [1.54, 1.807) is 30.3 Å². The van der Waals surface area contributed by atoms with Crippen molar-refractivity contribution in [2.75, 3.05) is 30.8 Å². The number of methoxy groups -OCH3 is 1. The van der Waals surface area contributed by atoms with Crippen LogP contribution in [0.15, 0.2) is 42.5 Å². The van der Waals surface area contributed by atoms with Crippen molar-refractivity contribution >= 4 is 29.2 Å². The molecule has 2 rings (SSSR count). The predicted octanol–water partition coefficient (Wildman–Crippen LogP) is 3.54. The Morgan fingerprint density at radius 1 is 0.903 bits per heavy atom. The molecule has 0 aliphatic rings. The van der Waals surface area contributed by atoms with Crippen molar-refractivity contribution in [2.45, 2.75) is 27.7 Å². The van der Waals surface area contributed by atoms with E-state index < -0.39 is 11.4 Å². The Kier molecular flexibility index (Phi) is 8.01. The van der Waals surface area contributed by atoms with E-state index in [1.807, 2.05) is 39.8 Å². The number of hydrogen-bond acceptors (Lipinski definition) is 4. The van der Waals surface area contributed by atoms with Crippen LogP contribution in [0.1, 0.15) is 36.7 Å². The Balaban J connectivity index is 1.77. The third-order valence-electron chi connectivity index (χ3n) is 4.39. The van der Waals surface area contributed by atoms with E-state index in [-0.39, 0.29) is 24.9 Å². The normalized spacial score (nSPS) is 10.7. The van der Waals surface area contributed by atoms with E-state index in [2.05, 4.69) is 21.3 Å². The van der Waals surface area contributed by atoms with Crippen LogP contribution in [0.25, 0.3) is 0 Å². The van der Waals surface area contributed by atoms with Gasteiger partial charge in [0.05, 0.1) is 12.8 Å². The fraction of sp³-hybridized carbons (Fsp3) is 0.348. The highest BCUT2D eigenvalue weighted by Gasteiger charge is 2.21. The van der Waals surface area contributed by atoms with Crippen molar-refractivity contribution in [3.8, 4) is 5.75 Å². The maximum absolute atomic E-state index is 12.3. The van der Waals surface area contributed by atoms with Crippen molar-refractivity contribution in [3.05, 3.63) is 53.6 Å². The Morgan fingerprint density at radius 2 is 1.55 bits per heavy atom. The van der Waals surface area contributed by atoms with Gasteiger partial charge < -0.3 is 26.0 Å². The molecule has 0 saturated carbocycles. The van der Waals surface area contributed by atoms with Crippen molar-refractivity contribution in [2.24, 2.45) is 5.41 Å². The molecule has 31 heavy (non-hydrogen) atoms. The van der Waals surface area contributed by atoms with Gasteiger partial charge in [0.2, 0.25) is 5.91 Å². The van der Waals surface area contributed by atoms with Crippen molar-refractivity contribution in [3.63, 3.8) is 0 Å². The molecule has 0 unspecified atom stereocenters. The minimum absolute atomic E-state index is 0.0997. The molecule has 0 aliphatic carbocycles. The minimum atomic E-state index is -0.500. The van der Waals surface area contributed by atoms with Gasteiger partial charge in [-0.1, -0.05) is 26.8 Å². The van der Waals surface area contributed by atoms with Crippen LogP contribution in [0.5, 0.6) is 5.75 Å². The van der Waals surface area contributed by atoms with Gasteiger partial charge in [-0.05, 0) is 48.9 Å². The SMILES string of the molecule is COc1ccc(C)cc1NC(=O)NCCNC(=O)c1ccc(NC(=O)C(C)(C)C)cc1. The molecule has 0 fully saturated rings. The van der Waals surface area contributed by atoms with Crippen LogP contribution < -0.4 is 26.0 Å². The number of ether oxygens (including phenoxy) is 1. The Labute approximate surface area is 182 Å². The average Bonchev–Trinajstić information content (AvgIpc) is 2.71. The summed E-state index contributed by atoms with van der Waals surface area (Å²) >= 11 is 0. The second kappa shape index (κ2) is 10.5. The minimum Gasteiger partial charge on any atom is -0.495 e. The number of rotatable bonds is 7. The molecule has 0 bridgehead atoms. The van der Waals surface area contributed by atoms with Crippen LogP contribution >= 0.6 is 0 Å². The first-order chi connectivity index (χ1) is 14.6. The van der Waals surface area contributed by atoms with Gasteiger partial charge >= 0.3 is 6.03 Å². The van der Waals surface area contributed by atoms with Gasteiger partial charge in [0.15, 0.2) is 0 Å². The van der Waals surface area contributed by atoms with Crippen LogP contribution in [0.4, 0.5) is 16.2 Å². The number of carbonyl (C=O) groups is 3. The molecule has 0 radical (unpaired) electrons. The van der Waals surface area contributed by atoms with Crippen LogP contribution in [-0.2, 0) is 4.79 Å². The van der Waals surface area contributed by atoms with E-state index in [0.717, 1.165) is 5.56 Å². The summed E-state index contributed by atoms with van der Waals surface area (Å²) < 4.78 is 5.23. The van der Waals surface area contributed by atoms with Gasteiger partial charge in [-0.3, -0.25) is 9.59 Å². The van der Waals surface area contributed by atoms with E-state index in [1.165, 1.54) is 7.11 Å². The number of benzene rings is 2. The van der Waals surface area contributed by atoms with Gasteiger partial charge in [-0.25, -0.2) is 4.79 Å². The van der Waals surface area contributed by atoms with Crippen molar-refractivity contribution in [1.29, 1.82) is 0 Å². The van der Waals surface area contributed by atoms with Crippen LogP contribution in [0.2, 0.25) is 0 Å². The molecule has 4 N–H and O–H groups in total. The lowest BCUT2D eigenvalue weighted by atomic mass is 9.95. The first kappa shape index (κ1) is 23.7. The zero-order valence-electron chi connectivity index (χ0n) is 18.6. The number of aryl methyl sites for hydroxylation is 1. The van der Waals surface area contributed by atoms with Gasteiger partial charge in [0.1, 0.15) is 5.75 Å². The molecule has 8 heteroatoms. The molecule has 0 atom stereocenters. The highest BCUT2D eigenvalue weighted by Crippen LogP contribution is 2.24. The monoisotopic (exact) mass is 426 g/mol. The van der Waals surface area contributed by atoms with E-state index in [4.69, 9.17) is 4.74 Å². The number of anilines is 2. The topological polar surface area (TPSA) is 109 Å². The molecule has 0 heterocycles. The molecule has 4 amide bonds. The van der Waals surface area contributed by atoms with Gasteiger partial charge in [0.25, 0.3) is 5.91 Å². The molecule has 2 aromatic rings. The Hall–Kier alpha value is -3.55. The van der Waals surface area contributed by atoms with Crippen LogP contribution in [0.3, 0.4) is 0 Å². The molecule has 0 aromatic heterocycles. The number of hydrogen-bond donors (Lipinski definition) is 4. The lowest BCUT2D eigenvalue weighted by Gasteiger charge is -2.17. The molecule has 0 saturated heterocycles. The predicted molar refractivity (Wildman–Crippen MR) is 122 cm³/mol. The molecular formula is C23H30N4O4. The summed E-state index contributed by atoms with van der Waals surface area (Å²) in [4.78, 5) is 36.3. The number of urea groups is 1. The van der Waals surface area contributed by atoms with E-state index in [9.17, 15) is 14.4 Å². The fourth-order valence-corrected chi connectivity index (χ4v) is 2.56. The lowest BCUT2D eigenvalue weighted by Crippen LogP contribution is -2.36. The Bertz CT molecular complexity index is 934. The third kappa shape index (κ3) is 7.33. The Morgan fingerprint density at radius 3 is 2.16 bits per heavy atom. The number of carbonyl (C=O) groups excluding carboxylic acids is 3. The zero-order valence-corrected chi connectivity index (χ0v) is 18.6. The van der Waals surface area contributed by atoms with Gasteiger partial charge in [-0.15, -0.1) is 0 Å². The average molecular weight is 427 g/mol. The molecule has 0 aliphatic heterocycles. The summed E-state index contributed by atoms with van der Waals surface area (Å²) in [6.07, 6.45) is 0. The maximum Gasteiger partial charge on any atom is 0.319 e. The number of nitrogens with one attached hydrogen (secondary N) is 4. The lowest BCUT2D eigenvalue weighted by molar-refractivity contribution is -0.123. The molecular weight excluding hydrogens is 396 g/mol. The quantitative estimate of drug-likeness (QED) is 0.508. The van der Waals surface area contributed by atoms with Gasteiger partial charge in [0, 0.05) is 29.8 Å². The molecule has 0 spiro atoms. The summed E-state index contributed by atoms with van der Waals surface area (Å²) in [5.74, 6) is 0.199. The smallest absolute Gasteiger partial charge is 0.319 e. The number of amides is 4.